The third-order valence-corrected chi connectivity index (χ3v) is 5.90. The first-order valence-corrected chi connectivity index (χ1v) is 10.2. The summed E-state index contributed by atoms with van der Waals surface area (Å²) in [6.07, 6.45) is 0. The highest BCUT2D eigenvalue weighted by molar-refractivity contribution is 8.00. The molecule has 28 heavy (non-hydrogen) atoms. The van der Waals surface area contributed by atoms with Crippen LogP contribution in [0.1, 0.15) is 35.3 Å². The average molecular weight is 396 g/mol. The molecule has 5 nitrogen and oxygen atoms in total. The zero-order valence-electron chi connectivity index (χ0n) is 16.9. The van der Waals surface area contributed by atoms with Crippen molar-refractivity contribution in [2.45, 2.75) is 44.6 Å². The SMILES string of the molecule is CCn1c(S[C@@H](C)C(=O)c2ccc(C)c(C)c2)nnc1-c1ccc(OC)cc1. The van der Waals surface area contributed by atoms with Crippen molar-refractivity contribution in [1.82, 2.24) is 14.8 Å². The molecule has 0 fully saturated rings. The van der Waals surface area contributed by atoms with Gasteiger partial charge in [-0.25, -0.2) is 0 Å². The Balaban J connectivity index is 1.82. The summed E-state index contributed by atoms with van der Waals surface area (Å²) >= 11 is 1.45. The van der Waals surface area contributed by atoms with Gasteiger partial charge in [-0.05, 0) is 69.2 Å². The molecular weight excluding hydrogens is 370 g/mol. The van der Waals surface area contributed by atoms with E-state index in [1.165, 1.54) is 17.3 Å². The van der Waals surface area contributed by atoms with Crippen molar-refractivity contribution in [1.29, 1.82) is 0 Å². The second-order valence-corrected chi connectivity index (χ2v) is 8.01. The van der Waals surface area contributed by atoms with Crippen LogP contribution in [0.15, 0.2) is 47.6 Å². The Morgan fingerprint density at radius 2 is 1.82 bits per heavy atom. The standard InChI is InChI=1S/C22H25N3O2S/c1-6-25-21(17-9-11-19(27-5)12-10-17)23-24-22(25)28-16(4)20(26)18-8-7-14(2)15(3)13-18/h7-13,16H,6H2,1-5H3/t16-/m0/s1. The Hall–Kier alpha value is -2.60. The second-order valence-electron chi connectivity index (χ2n) is 6.70. The first-order chi connectivity index (χ1) is 13.4. The summed E-state index contributed by atoms with van der Waals surface area (Å²) in [5, 5.41) is 9.21. The van der Waals surface area contributed by atoms with Crippen LogP contribution in [-0.4, -0.2) is 32.9 Å². The van der Waals surface area contributed by atoms with Crippen LogP contribution >= 0.6 is 11.8 Å². The number of aromatic nitrogens is 3. The summed E-state index contributed by atoms with van der Waals surface area (Å²) in [4.78, 5) is 12.9. The normalized spacial score (nSPS) is 12.0. The van der Waals surface area contributed by atoms with Gasteiger partial charge in [-0.2, -0.15) is 0 Å². The lowest BCUT2D eigenvalue weighted by Crippen LogP contribution is -2.15. The minimum Gasteiger partial charge on any atom is -0.497 e. The summed E-state index contributed by atoms with van der Waals surface area (Å²) < 4.78 is 7.26. The van der Waals surface area contributed by atoms with E-state index in [9.17, 15) is 4.79 Å². The number of benzene rings is 2. The van der Waals surface area contributed by atoms with Gasteiger partial charge in [0, 0.05) is 17.7 Å². The topological polar surface area (TPSA) is 57.0 Å². The number of ether oxygens (including phenoxy) is 1. The van der Waals surface area contributed by atoms with Crippen LogP contribution in [0, 0.1) is 13.8 Å². The minimum atomic E-state index is -0.250. The molecule has 0 amide bonds. The summed E-state index contributed by atoms with van der Waals surface area (Å²) in [6.45, 7) is 8.77. The van der Waals surface area contributed by atoms with Crippen molar-refractivity contribution in [3.05, 3.63) is 59.2 Å². The molecule has 0 saturated carbocycles. The number of methoxy groups -OCH3 is 1. The Bertz CT molecular complexity index is 980. The molecule has 1 atom stereocenters. The second kappa shape index (κ2) is 8.61. The average Bonchev–Trinajstić information content (AvgIpc) is 3.11. The predicted molar refractivity (Wildman–Crippen MR) is 113 cm³/mol. The molecule has 0 aliphatic heterocycles. The van der Waals surface area contributed by atoms with Crippen molar-refractivity contribution in [2.24, 2.45) is 0 Å². The van der Waals surface area contributed by atoms with E-state index in [1.807, 2.05) is 67.8 Å². The van der Waals surface area contributed by atoms with Crippen molar-refractivity contribution < 1.29 is 9.53 Å². The monoisotopic (exact) mass is 395 g/mol. The molecule has 146 valence electrons. The molecule has 0 radical (unpaired) electrons. The number of hydrogen-bond acceptors (Lipinski definition) is 5. The predicted octanol–water partition coefficient (Wildman–Crippen LogP) is 4.95. The molecule has 0 unspecified atom stereocenters. The van der Waals surface area contributed by atoms with E-state index in [-0.39, 0.29) is 11.0 Å². The third-order valence-electron chi connectivity index (χ3n) is 4.82. The number of hydrogen-bond donors (Lipinski definition) is 0. The van der Waals surface area contributed by atoms with E-state index >= 15 is 0 Å². The highest BCUT2D eigenvalue weighted by atomic mass is 32.2. The molecule has 0 aliphatic rings. The lowest BCUT2D eigenvalue weighted by molar-refractivity contribution is 0.0993. The molecular formula is C22H25N3O2S. The van der Waals surface area contributed by atoms with Gasteiger partial charge in [0.2, 0.25) is 0 Å². The van der Waals surface area contributed by atoms with Crippen molar-refractivity contribution in [3.8, 4) is 17.1 Å². The lowest BCUT2D eigenvalue weighted by Gasteiger charge is -2.12. The Kier molecular flexibility index (Phi) is 6.19. The van der Waals surface area contributed by atoms with Crippen LogP contribution in [0.25, 0.3) is 11.4 Å². The summed E-state index contributed by atoms with van der Waals surface area (Å²) in [5.74, 6) is 1.69. The van der Waals surface area contributed by atoms with Gasteiger partial charge in [0.15, 0.2) is 16.8 Å². The van der Waals surface area contributed by atoms with E-state index in [4.69, 9.17) is 4.74 Å². The minimum absolute atomic E-state index is 0.102. The van der Waals surface area contributed by atoms with Crippen LogP contribution in [0.4, 0.5) is 0 Å². The fraction of sp³-hybridized carbons (Fsp3) is 0.318. The van der Waals surface area contributed by atoms with Crippen LogP contribution in [0.3, 0.4) is 0 Å². The van der Waals surface area contributed by atoms with Crippen molar-refractivity contribution in [2.75, 3.05) is 7.11 Å². The molecule has 0 aliphatic carbocycles. The zero-order valence-corrected chi connectivity index (χ0v) is 17.7. The first-order valence-electron chi connectivity index (χ1n) is 9.30. The highest BCUT2D eigenvalue weighted by Crippen LogP contribution is 2.29. The van der Waals surface area contributed by atoms with Gasteiger partial charge in [0.05, 0.1) is 12.4 Å². The van der Waals surface area contributed by atoms with Crippen LogP contribution in [0.2, 0.25) is 0 Å². The van der Waals surface area contributed by atoms with Gasteiger partial charge in [-0.1, -0.05) is 23.9 Å². The van der Waals surface area contributed by atoms with Crippen LogP contribution in [0.5, 0.6) is 5.75 Å². The number of aryl methyl sites for hydroxylation is 2. The largest absolute Gasteiger partial charge is 0.497 e. The third kappa shape index (κ3) is 4.12. The van der Waals surface area contributed by atoms with E-state index in [2.05, 4.69) is 17.1 Å². The lowest BCUT2D eigenvalue weighted by atomic mass is 10.0. The molecule has 1 aromatic heterocycles. The van der Waals surface area contributed by atoms with Gasteiger partial charge in [-0.3, -0.25) is 4.79 Å². The number of thioether (sulfide) groups is 1. The van der Waals surface area contributed by atoms with Gasteiger partial charge >= 0.3 is 0 Å². The number of carbonyl (C=O) groups is 1. The van der Waals surface area contributed by atoms with Crippen LogP contribution in [-0.2, 0) is 6.54 Å². The van der Waals surface area contributed by atoms with Crippen molar-refractivity contribution in [3.63, 3.8) is 0 Å². The summed E-state index contributed by atoms with van der Waals surface area (Å²) in [6, 6.07) is 13.6. The van der Waals surface area contributed by atoms with Crippen molar-refractivity contribution >= 4 is 17.5 Å². The van der Waals surface area contributed by atoms with Gasteiger partial charge in [0.1, 0.15) is 5.75 Å². The molecule has 0 spiro atoms. The fourth-order valence-corrected chi connectivity index (χ4v) is 3.95. The number of rotatable bonds is 7. The van der Waals surface area contributed by atoms with E-state index in [0.717, 1.165) is 40.0 Å². The molecule has 2 aromatic carbocycles. The molecule has 1 heterocycles. The highest BCUT2D eigenvalue weighted by Gasteiger charge is 2.21. The van der Waals surface area contributed by atoms with E-state index in [1.54, 1.807) is 7.11 Å². The maximum Gasteiger partial charge on any atom is 0.192 e. The molecule has 0 bridgehead atoms. The number of carbonyl (C=O) groups excluding carboxylic acids is 1. The molecule has 3 aromatic rings. The summed E-state index contributed by atoms with van der Waals surface area (Å²) in [5.41, 5.74) is 4.02. The smallest absolute Gasteiger partial charge is 0.192 e. The van der Waals surface area contributed by atoms with E-state index in [0.29, 0.717) is 0 Å². The number of ketones is 1. The van der Waals surface area contributed by atoms with E-state index < -0.39 is 0 Å². The first kappa shape index (κ1) is 20.1. The molecule has 0 N–H and O–H groups in total. The Labute approximate surface area is 170 Å². The quantitative estimate of drug-likeness (QED) is 0.418. The maximum atomic E-state index is 12.9. The molecule has 3 rings (SSSR count). The Morgan fingerprint density at radius 3 is 2.43 bits per heavy atom. The maximum absolute atomic E-state index is 12.9. The molecule has 6 heteroatoms. The Morgan fingerprint density at radius 1 is 1.11 bits per heavy atom. The fourth-order valence-electron chi connectivity index (χ4n) is 2.96. The van der Waals surface area contributed by atoms with Gasteiger partial charge in [0.25, 0.3) is 0 Å². The molecule has 0 saturated heterocycles. The summed E-state index contributed by atoms with van der Waals surface area (Å²) in [7, 11) is 1.65. The zero-order chi connectivity index (χ0) is 20.3. The van der Waals surface area contributed by atoms with Gasteiger partial charge < -0.3 is 9.30 Å². The van der Waals surface area contributed by atoms with Crippen LogP contribution < -0.4 is 4.74 Å². The number of Topliss-reactive ketones (excluding diaryl/α,β-unsaturated/α-hetero) is 1. The van der Waals surface area contributed by atoms with Gasteiger partial charge in [-0.15, -0.1) is 10.2 Å². The number of nitrogens with zero attached hydrogens (tertiary/aromatic N) is 3.